The van der Waals surface area contributed by atoms with E-state index in [1.165, 1.54) is 5.56 Å². The number of aromatic nitrogens is 2. The molecule has 0 atom stereocenters. The molecule has 1 aromatic heterocycles. The van der Waals surface area contributed by atoms with E-state index in [0.29, 0.717) is 31.3 Å². The van der Waals surface area contributed by atoms with E-state index in [-0.39, 0.29) is 17.6 Å². The number of ether oxygens (including phenoxy) is 2. The minimum atomic E-state index is -0.0761. The van der Waals surface area contributed by atoms with Gasteiger partial charge in [-0.05, 0) is 49.9 Å². The first kappa shape index (κ1) is 20.6. The van der Waals surface area contributed by atoms with Crippen molar-refractivity contribution in [2.45, 2.75) is 58.2 Å². The topological polar surface area (TPSA) is 76.6 Å². The first-order valence-corrected chi connectivity index (χ1v) is 10.7. The lowest BCUT2D eigenvalue weighted by molar-refractivity contribution is -0.172. The molecule has 2 aliphatic rings. The Morgan fingerprint density at radius 3 is 2.53 bits per heavy atom. The van der Waals surface area contributed by atoms with E-state index in [4.69, 9.17) is 9.47 Å². The number of nitrogens with one attached hydrogen (secondary N) is 1. The highest BCUT2D eigenvalue weighted by atomic mass is 16.5. The lowest BCUT2D eigenvalue weighted by Gasteiger charge is -2.57. The molecule has 160 valence electrons. The quantitative estimate of drug-likeness (QED) is 0.718. The third-order valence-corrected chi connectivity index (χ3v) is 5.65. The van der Waals surface area contributed by atoms with E-state index in [9.17, 15) is 4.79 Å². The van der Waals surface area contributed by atoms with Gasteiger partial charge < -0.3 is 19.7 Å². The summed E-state index contributed by atoms with van der Waals surface area (Å²) < 4.78 is 11.2. The van der Waals surface area contributed by atoms with Gasteiger partial charge in [-0.25, -0.2) is 9.97 Å². The fourth-order valence-electron chi connectivity index (χ4n) is 3.97. The normalized spacial score (nSPS) is 16.9. The molecule has 7 nitrogen and oxygen atoms in total. The summed E-state index contributed by atoms with van der Waals surface area (Å²) in [5.74, 6) is 1.38. The smallest absolute Gasteiger partial charge is 0.257 e. The molecule has 4 rings (SSSR count). The fourth-order valence-corrected chi connectivity index (χ4v) is 3.97. The number of hydrogen-bond acceptors (Lipinski definition) is 6. The van der Waals surface area contributed by atoms with Crippen molar-refractivity contribution in [1.82, 2.24) is 14.9 Å². The van der Waals surface area contributed by atoms with Gasteiger partial charge in [0.25, 0.3) is 5.91 Å². The molecule has 2 aromatic rings. The Morgan fingerprint density at radius 1 is 1.23 bits per heavy atom. The molecule has 2 aliphatic heterocycles. The Hall–Kier alpha value is -2.67. The summed E-state index contributed by atoms with van der Waals surface area (Å²) >= 11 is 0. The van der Waals surface area contributed by atoms with E-state index in [1.54, 1.807) is 12.4 Å². The number of aryl methyl sites for hydroxylation is 1. The van der Waals surface area contributed by atoms with Crippen LogP contribution in [0.5, 0.6) is 5.75 Å². The van der Waals surface area contributed by atoms with Crippen molar-refractivity contribution in [2.75, 3.05) is 25.1 Å². The van der Waals surface area contributed by atoms with Crippen LogP contribution in [0.1, 0.15) is 55.1 Å². The molecule has 30 heavy (non-hydrogen) atoms. The van der Waals surface area contributed by atoms with Gasteiger partial charge in [0.15, 0.2) is 0 Å². The summed E-state index contributed by atoms with van der Waals surface area (Å²) in [7, 11) is 0. The van der Waals surface area contributed by atoms with Crippen LogP contribution in [-0.2, 0) is 17.7 Å². The molecule has 1 spiro atoms. The summed E-state index contributed by atoms with van der Waals surface area (Å²) in [6.07, 6.45) is 6.44. The molecule has 0 unspecified atom stereocenters. The van der Waals surface area contributed by atoms with Crippen molar-refractivity contribution in [3.63, 3.8) is 0 Å². The zero-order valence-electron chi connectivity index (χ0n) is 18.0. The third-order valence-electron chi connectivity index (χ3n) is 5.65. The van der Waals surface area contributed by atoms with Crippen molar-refractivity contribution in [1.29, 1.82) is 0 Å². The first-order chi connectivity index (χ1) is 14.5. The van der Waals surface area contributed by atoms with E-state index in [0.717, 1.165) is 37.1 Å². The SMILES string of the molecule is CCCc1cc(CNc2ncc(C(=O)N3CCC34COC4)cn2)cc(OC(C)C)c1. The number of benzene rings is 1. The molecule has 0 saturated carbocycles. The number of rotatable bonds is 8. The number of nitrogens with zero attached hydrogens (tertiary/aromatic N) is 3. The van der Waals surface area contributed by atoms with Crippen molar-refractivity contribution >= 4 is 11.9 Å². The van der Waals surface area contributed by atoms with Gasteiger partial charge in [0.2, 0.25) is 5.95 Å². The minimum absolute atomic E-state index is 0.0150. The molecule has 1 aromatic carbocycles. The van der Waals surface area contributed by atoms with E-state index >= 15 is 0 Å². The van der Waals surface area contributed by atoms with Crippen molar-refractivity contribution in [3.05, 3.63) is 47.3 Å². The Balaban J connectivity index is 1.39. The molecular weight excluding hydrogens is 380 g/mol. The van der Waals surface area contributed by atoms with Gasteiger partial charge in [-0.3, -0.25) is 4.79 Å². The standard InChI is InChI=1S/C23H30N4O3/c1-4-5-17-8-18(10-20(9-17)30-16(2)3)11-24-22-25-12-19(13-26-22)21(28)27-7-6-23(27)14-29-15-23/h8-10,12-13,16H,4-7,11,14-15H2,1-3H3,(H,24,25,26). The van der Waals surface area contributed by atoms with Gasteiger partial charge in [0, 0.05) is 25.5 Å². The second kappa shape index (κ2) is 8.60. The molecule has 0 radical (unpaired) electrons. The van der Waals surface area contributed by atoms with Crippen molar-refractivity contribution in [3.8, 4) is 5.75 Å². The summed E-state index contributed by atoms with van der Waals surface area (Å²) in [5, 5.41) is 3.25. The maximum Gasteiger partial charge on any atom is 0.257 e. The summed E-state index contributed by atoms with van der Waals surface area (Å²) in [6, 6.07) is 6.35. The first-order valence-electron chi connectivity index (χ1n) is 10.7. The predicted molar refractivity (Wildman–Crippen MR) is 115 cm³/mol. The van der Waals surface area contributed by atoms with Crippen LogP contribution in [0.2, 0.25) is 0 Å². The molecule has 1 N–H and O–H groups in total. The van der Waals surface area contributed by atoms with Crippen LogP contribution >= 0.6 is 0 Å². The number of carbonyl (C=O) groups is 1. The monoisotopic (exact) mass is 410 g/mol. The number of anilines is 1. The Bertz CT molecular complexity index is 888. The average molecular weight is 411 g/mol. The second-order valence-corrected chi connectivity index (χ2v) is 8.47. The Kier molecular flexibility index (Phi) is 5.90. The van der Waals surface area contributed by atoms with E-state index in [1.807, 2.05) is 24.8 Å². The number of likely N-dealkylation sites (tertiary alicyclic amines) is 1. The highest BCUT2D eigenvalue weighted by Gasteiger charge is 2.53. The van der Waals surface area contributed by atoms with Crippen LogP contribution in [0.15, 0.2) is 30.6 Å². The van der Waals surface area contributed by atoms with Gasteiger partial charge >= 0.3 is 0 Å². The highest BCUT2D eigenvalue weighted by molar-refractivity contribution is 5.95. The predicted octanol–water partition coefficient (Wildman–Crippen LogP) is 3.44. The van der Waals surface area contributed by atoms with Crippen LogP contribution in [0.3, 0.4) is 0 Å². The molecule has 1 amide bonds. The Morgan fingerprint density at radius 2 is 1.97 bits per heavy atom. The lowest BCUT2D eigenvalue weighted by Crippen LogP contribution is -2.72. The maximum atomic E-state index is 12.7. The lowest BCUT2D eigenvalue weighted by atomic mass is 9.82. The molecular formula is C23H30N4O3. The highest BCUT2D eigenvalue weighted by Crippen LogP contribution is 2.38. The van der Waals surface area contributed by atoms with Crippen molar-refractivity contribution in [2.24, 2.45) is 0 Å². The van der Waals surface area contributed by atoms with Gasteiger partial charge in [0.05, 0.1) is 30.4 Å². The number of hydrogen-bond donors (Lipinski definition) is 1. The van der Waals surface area contributed by atoms with Gasteiger partial charge in [-0.15, -0.1) is 0 Å². The van der Waals surface area contributed by atoms with Gasteiger partial charge in [-0.1, -0.05) is 19.4 Å². The number of carbonyl (C=O) groups excluding carboxylic acids is 1. The average Bonchev–Trinajstić information content (AvgIpc) is 2.64. The molecule has 2 fully saturated rings. The van der Waals surface area contributed by atoms with Crippen LogP contribution in [0.25, 0.3) is 0 Å². The zero-order valence-corrected chi connectivity index (χ0v) is 18.0. The van der Waals surface area contributed by atoms with Gasteiger partial charge in [0.1, 0.15) is 5.75 Å². The van der Waals surface area contributed by atoms with E-state index in [2.05, 4.69) is 34.3 Å². The molecule has 0 aliphatic carbocycles. The van der Waals surface area contributed by atoms with Gasteiger partial charge in [-0.2, -0.15) is 0 Å². The summed E-state index contributed by atoms with van der Waals surface area (Å²) in [4.78, 5) is 23.3. The fraction of sp³-hybridized carbons (Fsp3) is 0.522. The zero-order chi connectivity index (χ0) is 21.1. The maximum absolute atomic E-state index is 12.7. The summed E-state index contributed by atoms with van der Waals surface area (Å²) in [5.41, 5.74) is 2.82. The van der Waals surface area contributed by atoms with E-state index < -0.39 is 0 Å². The molecule has 2 saturated heterocycles. The van der Waals surface area contributed by atoms with Crippen LogP contribution in [-0.4, -0.2) is 52.2 Å². The largest absolute Gasteiger partial charge is 0.491 e. The van der Waals surface area contributed by atoms with Crippen LogP contribution in [0.4, 0.5) is 5.95 Å². The molecule has 7 heteroatoms. The summed E-state index contributed by atoms with van der Waals surface area (Å²) in [6.45, 7) is 8.87. The number of amides is 1. The second-order valence-electron chi connectivity index (χ2n) is 8.47. The molecule has 3 heterocycles. The van der Waals surface area contributed by atoms with Crippen molar-refractivity contribution < 1.29 is 14.3 Å². The molecule has 0 bridgehead atoms. The van der Waals surface area contributed by atoms with Crippen LogP contribution < -0.4 is 10.1 Å². The van der Waals surface area contributed by atoms with Crippen LogP contribution in [0, 0.1) is 0 Å². The third kappa shape index (κ3) is 4.26. The minimum Gasteiger partial charge on any atom is -0.491 e. The Labute approximate surface area is 177 Å².